The third kappa shape index (κ3) is 3.99. The number of carbonyl (C=O) groups excluding carboxylic acids is 1. The summed E-state index contributed by atoms with van der Waals surface area (Å²) in [6, 6.07) is 6.60. The van der Waals surface area contributed by atoms with Gasteiger partial charge in [-0.05, 0) is 24.3 Å². The van der Waals surface area contributed by atoms with E-state index in [-0.39, 0.29) is 5.91 Å². The molecule has 0 unspecified atom stereocenters. The van der Waals surface area contributed by atoms with Crippen LogP contribution < -0.4 is 5.43 Å². The van der Waals surface area contributed by atoms with E-state index in [0.29, 0.717) is 10.6 Å². The lowest BCUT2D eigenvalue weighted by Gasteiger charge is -2.03. The monoisotopic (exact) mass is 225 g/mol. The van der Waals surface area contributed by atoms with Gasteiger partial charge in [0.2, 0.25) is 0 Å². The Labute approximate surface area is 93.5 Å². The Morgan fingerprint density at radius 2 is 2.00 bits per heavy atom. The summed E-state index contributed by atoms with van der Waals surface area (Å²) in [5.74, 6) is -0.259. The third-order valence-corrected chi connectivity index (χ3v) is 1.81. The molecule has 1 amide bonds. The summed E-state index contributed by atoms with van der Waals surface area (Å²) in [5, 5.41) is 4.34. The molecule has 0 aromatic heterocycles. The first-order valence-corrected chi connectivity index (χ1v) is 4.73. The zero-order valence-corrected chi connectivity index (χ0v) is 9.32. The van der Waals surface area contributed by atoms with Crippen LogP contribution in [0.5, 0.6) is 0 Å². The van der Waals surface area contributed by atoms with Crippen LogP contribution in [-0.4, -0.2) is 31.2 Å². The molecule has 1 rings (SSSR count). The molecule has 0 saturated carbocycles. The van der Waals surface area contributed by atoms with Gasteiger partial charge in [-0.2, -0.15) is 5.10 Å². The van der Waals surface area contributed by atoms with Crippen molar-refractivity contribution in [3.8, 4) is 0 Å². The predicted octanol–water partition coefficient (Wildman–Crippen LogP) is 1.57. The molecule has 0 radical (unpaired) electrons. The Morgan fingerprint density at radius 1 is 1.40 bits per heavy atom. The Morgan fingerprint density at radius 3 is 2.53 bits per heavy atom. The maximum Gasteiger partial charge on any atom is 0.271 e. The molecule has 1 aromatic carbocycles. The fourth-order valence-electron chi connectivity index (χ4n) is 0.869. The van der Waals surface area contributed by atoms with E-state index < -0.39 is 0 Å². The average Bonchev–Trinajstić information content (AvgIpc) is 2.18. The van der Waals surface area contributed by atoms with Gasteiger partial charge in [-0.25, -0.2) is 5.43 Å². The molecule has 0 aliphatic rings. The summed E-state index contributed by atoms with van der Waals surface area (Å²) in [5.41, 5.74) is 2.92. The molecule has 0 fully saturated rings. The largest absolute Gasteiger partial charge is 0.367 e. The number of benzene rings is 1. The van der Waals surface area contributed by atoms with Crippen LogP contribution in [0.2, 0.25) is 5.02 Å². The zero-order valence-electron chi connectivity index (χ0n) is 8.57. The van der Waals surface area contributed by atoms with Crippen molar-refractivity contribution in [1.82, 2.24) is 10.3 Å². The highest BCUT2D eigenvalue weighted by molar-refractivity contribution is 6.30. The molecular weight excluding hydrogens is 214 g/mol. The lowest BCUT2D eigenvalue weighted by atomic mass is 10.2. The number of carbonyl (C=O) groups is 1. The van der Waals surface area contributed by atoms with Crippen LogP contribution in [0.15, 0.2) is 29.4 Å². The van der Waals surface area contributed by atoms with Crippen molar-refractivity contribution in [3.05, 3.63) is 34.9 Å². The molecule has 1 N–H and O–H groups in total. The first-order valence-electron chi connectivity index (χ1n) is 4.35. The second kappa shape index (κ2) is 5.36. The molecule has 0 aliphatic heterocycles. The highest BCUT2D eigenvalue weighted by atomic mass is 35.5. The maximum absolute atomic E-state index is 11.5. The zero-order chi connectivity index (χ0) is 11.3. The minimum atomic E-state index is -0.259. The summed E-state index contributed by atoms with van der Waals surface area (Å²) in [4.78, 5) is 13.2. The molecule has 5 heteroatoms. The van der Waals surface area contributed by atoms with Crippen molar-refractivity contribution in [2.45, 2.75) is 0 Å². The molecular formula is C10H12ClN3O. The van der Waals surface area contributed by atoms with Gasteiger partial charge in [-0.3, -0.25) is 4.79 Å². The molecule has 0 saturated heterocycles. The van der Waals surface area contributed by atoms with Crippen molar-refractivity contribution < 1.29 is 4.79 Å². The minimum Gasteiger partial charge on any atom is -0.367 e. The van der Waals surface area contributed by atoms with Crippen LogP contribution in [-0.2, 0) is 0 Å². The normalized spacial score (nSPS) is 10.3. The van der Waals surface area contributed by atoms with Gasteiger partial charge in [0, 0.05) is 24.7 Å². The van der Waals surface area contributed by atoms with E-state index in [1.807, 2.05) is 14.1 Å². The molecule has 15 heavy (non-hydrogen) atoms. The van der Waals surface area contributed by atoms with Gasteiger partial charge in [0.1, 0.15) is 6.34 Å². The first kappa shape index (κ1) is 11.5. The first-order chi connectivity index (χ1) is 7.09. The molecule has 0 spiro atoms. The van der Waals surface area contributed by atoms with Gasteiger partial charge in [0.25, 0.3) is 5.91 Å². The van der Waals surface area contributed by atoms with E-state index >= 15 is 0 Å². The van der Waals surface area contributed by atoms with E-state index in [1.54, 1.807) is 29.2 Å². The Hall–Kier alpha value is -1.55. The van der Waals surface area contributed by atoms with Gasteiger partial charge < -0.3 is 4.90 Å². The van der Waals surface area contributed by atoms with Gasteiger partial charge in [-0.15, -0.1) is 0 Å². The fraction of sp³-hybridized carbons (Fsp3) is 0.200. The number of nitrogens with zero attached hydrogens (tertiary/aromatic N) is 2. The van der Waals surface area contributed by atoms with Crippen LogP contribution in [0.1, 0.15) is 10.4 Å². The molecule has 80 valence electrons. The van der Waals surface area contributed by atoms with Crippen LogP contribution >= 0.6 is 11.6 Å². The Kier molecular flexibility index (Phi) is 4.12. The fourth-order valence-corrected chi connectivity index (χ4v) is 0.995. The summed E-state index contributed by atoms with van der Waals surface area (Å²) < 4.78 is 0. The van der Waals surface area contributed by atoms with Gasteiger partial charge in [0.05, 0.1) is 0 Å². The van der Waals surface area contributed by atoms with Crippen molar-refractivity contribution in [2.24, 2.45) is 5.10 Å². The second-order valence-corrected chi connectivity index (χ2v) is 3.59. The molecule has 1 aromatic rings. The quantitative estimate of drug-likeness (QED) is 0.482. The van der Waals surface area contributed by atoms with E-state index in [2.05, 4.69) is 10.5 Å². The van der Waals surface area contributed by atoms with E-state index in [4.69, 9.17) is 11.6 Å². The standard InChI is InChI=1S/C10H12ClN3O/c1-14(2)7-12-13-10(15)8-3-5-9(11)6-4-8/h3-7H,1-2H3,(H,13,15)/b12-7-. The number of halogens is 1. The summed E-state index contributed by atoms with van der Waals surface area (Å²) in [7, 11) is 3.63. The molecule has 4 nitrogen and oxygen atoms in total. The Bertz CT molecular complexity index is 359. The summed E-state index contributed by atoms with van der Waals surface area (Å²) in [6.07, 6.45) is 1.51. The van der Waals surface area contributed by atoms with Crippen LogP contribution in [0.25, 0.3) is 0 Å². The lowest BCUT2D eigenvalue weighted by Crippen LogP contribution is -2.20. The number of hydrogen-bond acceptors (Lipinski definition) is 2. The van der Waals surface area contributed by atoms with Gasteiger partial charge in [0.15, 0.2) is 0 Å². The van der Waals surface area contributed by atoms with Crippen LogP contribution in [0, 0.1) is 0 Å². The lowest BCUT2D eigenvalue weighted by molar-refractivity contribution is 0.0954. The average molecular weight is 226 g/mol. The number of amides is 1. The van der Waals surface area contributed by atoms with E-state index in [9.17, 15) is 4.79 Å². The SMILES string of the molecule is CN(C)/C=N\NC(=O)c1ccc(Cl)cc1. The number of nitrogens with one attached hydrogen (secondary N) is 1. The molecule has 0 aliphatic carbocycles. The van der Waals surface area contributed by atoms with Crippen molar-refractivity contribution in [1.29, 1.82) is 0 Å². The number of rotatable bonds is 3. The summed E-state index contributed by atoms with van der Waals surface area (Å²) in [6.45, 7) is 0. The molecule has 0 heterocycles. The van der Waals surface area contributed by atoms with Gasteiger partial charge in [-0.1, -0.05) is 11.6 Å². The highest BCUT2D eigenvalue weighted by Crippen LogP contribution is 2.09. The summed E-state index contributed by atoms with van der Waals surface area (Å²) >= 11 is 5.69. The van der Waals surface area contributed by atoms with E-state index in [0.717, 1.165) is 0 Å². The Balaban J connectivity index is 2.58. The second-order valence-electron chi connectivity index (χ2n) is 3.16. The van der Waals surface area contributed by atoms with Crippen molar-refractivity contribution in [2.75, 3.05) is 14.1 Å². The van der Waals surface area contributed by atoms with Crippen LogP contribution in [0.4, 0.5) is 0 Å². The smallest absolute Gasteiger partial charge is 0.271 e. The van der Waals surface area contributed by atoms with Crippen LogP contribution in [0.3, 0.4) is 0 Å². The minimum absolute atomic E-state index is 0.259. The number of hydrazone groups is 1. The topological polar surface area (TPSA) is 44.7 Å². The molecule has 0 atom stereocenters. The molecule has 0 bridgehead atoms. The van der Waals surface area contributed by atoms with E-state index in [1.165, 1.54) is 6.34 Å². The number of hydrogen-bond donors (Lipinski definition) is 1. The predicted molar refractivity (Wildman–Crippen MR) is 61.1 cm³/mol. The van der Waals surface area contributed by atoms with Gasteiger partial charge >= 0.3 is 0 Å². The maximum atomic E-state index is 11.5. The third-order valence-electron chi connectivity index (χ3n) is 1.56. The van der Waals surface area contributed by atoms with Crippen molar-refractivity contribution in [3.63, 3.8) is 0 Å². The highest BCUT2D eigenvalue weighted by Gasteiger charge is 2.02. The van der Waals surface area contributed by atoms with Crippen molar-refractivity contribution >= 4 is 23.8 Å².